The fourth-order valence-corrected chi connectivity index (χ4v) is 2.54. The van der Waals surface area contributed by atoms with Crippen LogP contribution in [0.15, 0.2) is 48.5 Å². The van der Waals surface area contributed by atoms with Crippen LogP contribution in [-0.2, 0) is 9.53 Å². The Morgan fingerprint density at radius 3 is 2.41 bits per heavy atom. The van der Waals surface area contributed by atoms with E-state index in [0.29, 0.717) is 0 Å². The molecule has 0 aliphatic heterocycles. The molecule has 0 aliphatic rings. The first-order valence-corrected chi connectivity index (χ1v) is 7.49. The van der Waals surface area contributed by atoms with Crippen LogP contribution in [0.5, 0.6) is 0 Å². The zero-order valence-corrected chi connectivity index (χ0v) is 13.6. The normalized spacial score (nSPS) is 13.3. The zero-order valence-electron chi connectivity index (χ0n) is 13.6. The number of hydrogen-bond acceptors (Lipinski definition) is 3. The molecule has 0 amide bonds. The number of carbonyl (C=O) groups is 1. The highest BCUT2D eigenvalue weighted by Crippen LogP contribution is 2.29. The molecule has 22 heavy (non-hydrogen) atoms. The monoisotopic (exact) mass is 297 g/mol. The first kappa shape index (κ1) is 16.1. The molecule has 2 aromatic rings. The third-order valence-electron chi connectivity index (χ3n) is 3.94. The SMILES string of the molecule is COC(=O)[C@H](C)[C@H](Nc1cc(C)ccc1C)c1ccccc1. The molecule has 116 valence electrons. The summed E-state index contributed by atoms with van der Waals surface area (Å²) in [4.78, 5) is 12.0. The summed E-state index contributed by atoms with van der Waals surface area (Å²) in [5.74, 6) is -0.501. The maximum absolute atomic E-state index is 12.0. The summed E-state index contributed by atoms with van der Waals surface area (Å²) in [5.41, 5.74) is 4.46. The van der Waals surface area contributed by atoms with E-state index in [1.54, 1.807) is 0 Å². The van der Waals surface area contributed by atoms with Gasteiger partial charge in [-0.05, 0) is 43.5 Å². The van der Waals surface area contributed by atoms with Gasteiger partial charge in [-0.15, -0.1) is 0 Å². The molecule has 0 unspecified atom stereocenters. The predicted molar refractivity (Wildman–Crippen MR) is 89.9 cm³/mol. The Bertz CT molecular complexity index is 637. The second-order valence-electron chi connectivity index (χ2n) is 5.66. The molecule has 1 N–H and O–H groups in total. The summed E-state index contributed by atoms with van der Waals surface area (Å²) in [6, 6.07) is 16.1. The second kappa shape index (κ2) is 7.12. The van der Waals surface area contributed by atoms with Gasteiger partial charge in [0.15, 0.2) is 0 Å². The molecule has 0 saturated heterocycles. The van der Waals surface area contributed by atoms with Crippen molar-refractivity contribution >= 4 is 11.7 Å². The van der Waals surface area contributed by atoms with Gasteiger partial charge in [0.05, 0.1) is 19.1 Å². The van der Waals surface area contributed by atoms with Crippen molar-refractivity contribution in [2.45, 2.75) is 26.8 Å². The number of rotatable bonds is 5. The van der Waals surface area contributed by atoms with Crippen molar-refractivity contribution in [2.75, 3.05) is 12.4 Å². The zero-order chi connectivity index (χ0) is 16.1. The molecule has 0 bridgehead atoms. The molecule has 3 heteroatoms. The molecule has 0 spiro atoms. The van der Waals surface area contributed by atoms with Gasteiger partial charge in [-0.25, -0.2) is 0 Å². The smallest absolute Gasteiger partial charge is 0.310 e. The largest absolute Gasteiger partial charge is 0.469 e. The average molecular weight is 297 g/mol. The van der Waals surface area contributed by atoms with Crippen LogP contribution in [0, 0.1) is 19.8 Å². The Kier molecular flexibility index (Phi) is 5.21. The lowest BCUT2D eigenvalue weighted by atomic mass is 9.93. The number of carbonyl (C=O) groups excluding carboxylic acids is 1. The van der Waals surface area contributed by atoms with E-state index >= 15 is 0 Å². The van der Waals surface area contributed by atoms with Crippen molar-refractivity contribution in [1.29, 1.82) is 0 Å². The van der Waals surface area contributed by atoms with Crippen LogP contribution < -0.4 is 5.32 Å². The molecule has 0 aromatic heterocycles. The minimum atomic E-state index is -0.285. The molecular weight excluding hydrogens is 274 g/mol. The summed E-state index contributed by atoms with van der Waals surface area (Å²) in [6.45, 7) is 6.01. The topological polar surface area (TPSA) is 38.3 Å². The molecule has 0 heterocycles. The highest BCUT2D eigenvalue weighted by Gasteiger charge is 2.26. The van der Waals surface area contributed by atoms with Gasteiger partial charge >= 0.3 is 5.97 Å². The van der Waals surface area contributed by atoms with Crippen LogP contribution >= 0.6 is 0 Å². The Morgan fingerprint density at radius 1 is 1.09 bits per heavy atom. The summed E-state index contributed by atoms with van der Waals surface area (Å²) in [7, 11) is 1.43. The van der Waals surface area contributed by atoms with E-state index < -0.39 is 0 Å². The Morgan fingerprint density at radius 2 is 1.77 bits per heavy atom. The Hall–Kier alpha value is -2.29. The molecular formula is C19H23NO2. The van der Waals surface area contributed by atoms with Crippen molar-refractivity contribution in [3.8, 4) is 0 Å². The van der Waals surface area contributed by atoms with Gasteiger partial charge in [0.25, 0.3) is 0 Å². The molecule has 2 aromatic carbocycles. The summed E-state index contributed by atoms with van der Waals surface area (Å²) >= 11 is 0. The van der Waals surface area contributed by atoms with Crippen molar-refractivity contribution in [1.82, 2.24) is 0 Å². The Balaban J connectivity index is 2.36. The standard InChI is InChI=1S/C19H23NO2/c1-13-10-11-14(2)17(12-13)20-18(15(3)19(21)22-4)16-8-6-5-7-9-16/h5-12,15,18,20H,1-4H3/t15-,18+/m1/s1. The lowest BCUT2D eigenvalue weighted by Crippen LogP contribution is -2.26. The highest BCUT2D eigenvalue weighted by atomic mass is 16.5. The van der Waals surface area contributed by atoms with Crippen LogP contribution in [0.2, 0.25) is 0 Å². The van der Waals surface area contributed by atoms with Crippen molar-refractivity contribution in [3.63, 3.8) is 0 Å². The molecule has 3 nitrogen and oxygen atoms in total. The number of ether oxygens (including phenoxy) is 1. The van der Waals surface area contributed by atoms with E-state index in [4.69, 9.17) is 4.74 Å². The second-order valence-corrected chi connectivity index (χ2v) is 5.66. The number of anilines is 1. The maximum Gasteiger partial charge on any atom is 0.310 e. The van der Waals surface area contributed by atoms with Gasteiger partial charge in [-0.1, -0.05) is 42.5 Å². The molecule has 0 fully saturated rings. The highest BCUT2D eigenvalue weighted by molar-refractivity contribution is 5.74. The quantitative estimate of drug-likeness (QED) is 0.838. The van der Waals surface area contributed by atoms with E-state index in [9.17, 15) is 4.79 Å². The first-order chi connectivity index (χ1) is 10.5. The summed E-state index contributed by atoms with van der Waals surface area (Å²) in [6.07, 6.45) is 0. The molecule has 0 radical (unpaired) electrons. The Labute approximate surface area is 132 Å². The third kappa shape index (κ3) is 3.67. The van der Waals surface area contributed by atoms with Gasteiger partial charge in [0.2, 0.25) is 0 Å². The fourth-order valence-electron chi connectivity index (χ4n) is 2.54. The van der Waals surface area contributed by atoms with Gasteiger partial charge in [-0.3, -0.25) is 4.79 Å². The van der Waals surface area contributed by atoms with E-state index in [0.717, 1.165) is 16.8 Å². The van der Waals surface area contributed by atoms with Crippen LogP contribution in [0.4, 0.5) is 5.69 Å². The van der Waals surface area contributed by atoms with Crippen LogP contribution in [0.25, 0.3) is 0 Å². The van der Waals surface area contributed by atoms with E-state index in [-0.39, 0.29) is 17.9 Å². The summed E-state index contributed by atoms with van der Waals surface area (Å²) < 4.78 is 4.93. The fraction of sp³-hybridized carbons (Fsp3) is 0.316. The molecule has 2 rings (SSSR count). The number of benzene rings is 2. The number of methoxy groups -OCH3 is 1. The predicted octanol–water partition coefficient (Wildman–Crippen LogP) is 4.27. The van der Waals surface area contributed by atoms with Gasteiger partial charge < -0.3 is 10.1 Å². The van der Waals surface area contributed by atoms with E-state index in [1.165, 1.54) is 12.7 Å². The van der Waals surface area contributed by atoms with Crippen molar-refractivity contribution in [3.05, 3.63) is 65.2 Å². The van der Waals surface area contributed by atoms with Gasteiger partial charge in [-0.2, -0.15) is 0 Å². The summed E-state index contributed by atoms with van der Waals surface area (Å²) in [5, 5.41) is 3.52. The van der Waals surface area contributed by atoms with Crippen molar-refractivity contribution in [2.24, 2.45) is 5.92 Å². The van der Waals surface area contributed by atoms with E-state index in [2.05, 4.69) is 37.4 Å². The van der Waals surface area contributed by atoms with Gasteiger partial charge in [0, 0.05) is 5.69 Å². The number of aryl methyl sites for hydroxylation is 2. The number of hydrogen-bond donors (Lipinski definition) is 1. The van der Waals surface area contributed by atoms with Crippen LogP contribution in [0.1, 0.15) is 29.7 Å². The number of esters is 1. The molecule has 2 atom stereocenters. The maximum atomic E-state index is 12.0. The number of nitrogens with one attached hydrogen (secondary N) is 1. The van der Waals surface area contributed by atoms with Gasteiger partial charge in [0.1, 0.15) is 0 Å². The third-order valence-corrected chi connectivity index (χ3v) is 3.94. The minimum absolute atomic E-state index is 0.130. The van der Waals surface area contributed by atoms with E-state index in [1.807, 2.05) is 37.3 Å². The lowest BCUT2D eigenvalue weighted by molar-refractivity contribution is -0.145. The minimum Gasteiger partial charge on any atom is -0.469 e. The first-order valence-electron chi connectivity index (χ1n) is 7.49. The average Bonchev–Trinajstić information content (AvgIpc) is 2.55. The molecule has 0 aliphatic carbocycles. The van der Waals surface area contributed by atoms with Crippen molar-refractivity contribution < 1.29 is 9.53 Å². The van der Waals surface area contributed by atoms with Crippen LogP contribution in [-0.4, -0.2) is 13.1 Å². The lowest BCUT2D eigenvalue weighted by Gasteiger charge is -2.26. The van der Waals surface area contributed by atoms with Crippen LogP contribution in [0.3, 0.4) is 0 Å². The molecule has 0 saturated carbocycles.